The van der Waals surface area contributed by atoms with Crippen LogP contribution in [0.1, 0.15) is 20.4 Å². The molecule has 0 unspecified atom stereocenters. The van der Waals surface area contributed by atoms with Crippen LogP contribution in [0.5, 0.6) is 0 Å². The summed E-state index contributed by atoms with van der Waals surface area (Å²) in [6.45, 7) is 1.80. The summed E-state index contributed by atoms with van der Waals surface area (Å²) in [5.41, 5.74) is 3.07. The molecule has 2 aromatic carbocycles. The van der Waals surface area contributed by atoms with Crippen LogP contribution < -0.4 is 5.32 Å². The highest BCUT2D eigenvalue weighted by Crippen LogP contribution is 2.27. The summed E-state index contributed by atoms with van der Waals surface area (Å²) in [7, 11) is 1.69. The van der Waals surface area contributed by atoms with E-state index in [0.29, 0.717) is 23.9 Å². The highest BCUT2D eigenvalue weighted by molar-refractivity contribution is 7.98. The number of nitrogens with zero attached hydrogens (tertiary/aromatic N) is 4. The zero-order valence-corrected chi connectivity index (χ0v) is 18.1. The molecule has 7 nitrogen and oxygen atoms in total. The molecule has 1 N–H and O–H groups in total. The number of hydrogen-bond donors (Lipinski definition) is 1. The van der Waals surface area contributed by atoms with Crippen molar-refractivity contribution < 1.29 is 9.53 Å². The van der Waals surface area contributed by atoms with Crippen molar-refractivity contribution in [1.82, 2.24) is 25.1 Å². The first kappa shape index (κ1) is 20.5. The lowest BCUT2D eigenvalue weighted by Crippen LogP contribution is -2.22. The first-order valence-corrected chi connectivity index (χ1v) is 11.3. The van der Waals surface area contributed by atoms with Crippen molar-refractivity contribution >= 4 is 40.0 Å². The molecule has 2 heterocycles. The van der Waals surface area contributed by atoms with Gasteiger partial charge in [0.05, 0.1) is 23.4 Å². The van der Waals surface area contributed by atoms with E-state index in [1.165, 1.54) is 11.3 Å². The molecule has 154 valence electrons. The Morgan fingerprint density at radius 3 is 2.77 bits per heavy atom. The average molecular weight is 440 g/mol. The van der Waals surface area contributed by atoms with E-state index in [2.05, 4.69) is 26.1 Å². The second-order valence-electron chi connectivity index (χ2n) is 6.49. The molecule has 1 amide bonds. The van der Waals surface area contributed by atoms with Gasteiger partial charge in [-0.2, -0.15) is 0 Å². The van der Waals surface area contributed by atoms with Crippen LogP contribution in [0.25, 0.3) is 11.0 Å². The lowest BCUT2D eigenvalue weighted by molar-refractivity contribution is 0.0950. The molecule has 0 aliphatic carbocycles. The van der Waals surface area contributed by atoms with E-state index < -0.39 is 0 Å². The number of aromatic nitrogens is 4. The third-order valence-electron chi connectivity index (χ3n) is 4.42. The Morgan fingerprint density at radius 1 is 1.13 bits per heavy atom. The molecule has 4 rings (SSSR count). The van der Waals surface area contributed by atoms with Crippen LogP contribution in [-0.2, 0) is 23.6 Å². The number of hydrogen-bond acceptors (Lipinski definition) is 7. The van der Waals surface area contributed by atoms with Gasteiger partial charge in [0, 0.05) is 20.2 Å². The fourth-order valence-electron chi connectivity index (χ4n) is 2.95. The van der Waals surface area contributed by atoms with E-state index in [9.17, 15) is 4.79 Å². The average Bonchev–Trinajstić information content (AvgIpc) is 3.40. The molecule has 0 atom stereocenters. The van der Waals surface area contributed by atoms with Crippen LogP contribution in [-0.4, -0.2) is 39.4 Å². The zero-order chi connectivity index (χ0) is 20.8. The molecular formula is C21H21N5O2S2. The number of nitrogens with one attached hydrogen (secondary N) is 1. The maximum atomic E-state index is 12.4. The molecule has 9 heteroatoms. The molecule has 0 aliphatic rings. The summed E-state index contributed by atoms with van der Waals surface area (Å²) in [6, 6.07) is 17.8. The summed E-state index contributed by atoms with van der Waals surface area (Å²) in [5.74, 6) is 0.389. The topological polar surface area (TPSA) is 81.9 Å². The third-order valence-corrected chi connectivity index (χ3v) is 6.51. The van der Waals surface area contributed by atoms with E-state index in [1.54, 1.807) is 18.9 Å². The number of ether oxygens (including phenoxy) is 1. The third kappa shape index (κ3) is 4.86. The summed E-state index contributed by atoms with van der Waals surface area (Å²) in [5, 5.41) is 13.2. The standard InChI is InChI=1S/C21H21N5O2S2/c1-28-12-11-26-17-10-6-5-9-16(17)23-21(26)29-14-18-24-25-20(30-18)19(27)22-13-15-7-3-2-4-8-15/h2-10H,11-14H2,1H3,(H,22,27). The zero-order valence-electron chi connectivity index (χ0n) is 16.4. The summed E-state index contributed by atoms with van der Waals surface area (Å²) >= 11 is 2.89. The van der Waals surface area contributed by atoms with Gasteiger partial charge in [-0.1, -0.05) is 65.6 Å². The number of fused-ring (bicyclic) bond motifs is 1. The monoisotopic (exact) mass is 439 g/mol. The molecule has 0 radical (unpaired) electrons. The number of amides is 1. The second kappa shape index (κ2) is 9.84. The first-order valence-electron chi connectivity index (χ1n) is 9.46. The van der Waals surface area contributed by atoms with Crippen LogP contribution in [0.2, 0.25) is 0 Å². The Morgan fingerprint density at radius 2 is 1.93 bits per heavy atom. The van der Waals surface area contributed by atoms with Gasteiger partial charge in [0.15, 0.2) is 5.16 Å². The highest BCUT2D eigenvalue weighted by atomic mass is 32.2. The quantitative estimate of drug-likeness (QED) is 0.400. The molecular weight excluding hydrogens is 418 g/mol. The van der Waals surface area contributed by atoms with Crippen LogP contribution in [0, 0.1) is 0 Å². The second-order valence-corrected chi connectivity index (χ2v) is 8.49. The Balaban J connectivity index is 1.40. The van der Waals surface area contributed by atoms with E-state index in [4.69, 9.17) is 9.72 Å². The van der Waals surface area contributed by atoms with E-state index in [-0.39, 0.29) is 5.91 Å². The Hall–Kier alpha value is -2.75. The fraction of sp³-hybridized carbons (Fsp3) is 0.238. The molecule has 4 aromatic rings. The van der Waals surface area contributed by atoms with E-state index in [0.717, 1.165) is 33.3 Å². The lowest BCUT2D eigenvalue weighted by atomic mass is 10.2. The minimum absolute atomic E-state index is 0.208. The van der Waals surface area contributed by atoms with Crippen LogP contribution in [0.15, 0.2) is 59.8 Å². The number of benzene rings is 2. The smallest absolute Gasteiger partial charge is 0.282 e. The molecule has 0 bridgehead atoms. The highest BCUT2D eigenvalue weighted by Gasteiger charge is 2.15. The number of carbonyl (C=O) groups excluding carboxylic acids is 1. The van der Waals surface area contributed by atoms with Gasteiger partial charge in [0.1, 0.15) is 5.01 Å². The van der Waals surface area contributed by atoms with Crippen molar-refractivity contribution in [3.63, 3.8) is 0 Å². The number of imidazole rings is 1. The van der Waals surface area contributed by atoms with Gasteiger partial charge in [-0.15, -0.1) is 10.2 Å². The predicted octanol–water partition coefficient (Wildman–Crippen LogP) is 3.76. The van der Waals surface area contributed by atoms with Crippen LogP contribution >= 0.6 is 23.1 Å². The largest absolute Gasteiger partial charge is 0.383 e. The maximum Gasteiger partial charge on any atom is 0.282 e. The fourth-order valence-corrected chi connectivity index (χ4v) is 4.73. The molecule has 30 heavy (non-hydrogen) atoms. The van der Waals surface area contributed by atoms with Gasteiger partial charge in [0.2, 0.25) is 5.01 Å². The predicted molar refractivity (Wildman–Crippen MR) is 119 cm³/mol. The molecule has 2 aromatic heterocycles. The molecule has 0 saturated carbocycles. The molecule has 0 aliphatic heterocycles. The van der Waals surface area contributed by atoms with Gasteiger partial charge in [-0.3, -0.25) is 4.79 Å². The Bertz CT molecular complexity index is 1130. The van der Waals surface area contributed by atoms with Gasteiger partial charge in [-0.25, -0.2) is 4.98 Å². The van der Waals surface area contributed by atoms with Crippen LogP contribution in [0.4, 0.5) is 0 Å². The van der Waals surface area contributed by atoms with Crippen molar-refractivity contribution in [3.05, 3.63) is 70.2 Å². The summed E-state index contributed by atoms with van der Waals surface area (Å²) in [4.78, 5) is 17.1. The summed E-state index contributed by atoms with van der Waals surface area (Å²) < 4.78 is 7.39. The molecule has 0 spiro atoms. The van der Waals surface area contributed by atoms with E-state index in [1.807, 2.05) is 48.5 Å². The van der Waals surface area contributed by atoms with Gasteiger partial charge in [0.25, 0.3) is 5.91 Å². The molecule has 0 saturated heterocycles. The van der Waals surface area contributed by atoms with Gasteiger partial charge in [-0.05, 0) is 17.7 Å². The lowest BCUT2D eigenvalue weighted by Gasteiger charge is -2.07. The van der Waals surface area contributed by atoms with Crippen molar-refractivity contribution in [2.24, 2.45) is 0 Å². The van der Waals surface area contributed by atoms with E-state index >= 15 is 0 Å². The van der Waals surface area contributed by atoms with Crippen molar-refractivity contribution in [1.29, 1.82) is 0 Å². The Labute approximate surface area is 182 Å². The minimum Gasteiger partial charge on any atom is -0.383 e. The number of rotatable bonds is 9. The first-order chi connectivity index (χ1) is 14.7. The maximum absolute atomic E-state index is 12.4. The normalized spacial score (nSPS) is 11.1. The minimum atomic E-state index is -0.208. The SMILES string of the molecule is COCCn1c(SCc2nnc(C(=O)NCc3ccccc3)s2)nc2ccccc21. The molecule has 0 fully saturated rings. The van der Waals surface area contributed by atoms with Crippen molar-refractivity contribution in [2.75, 3.05) is 13.7 Å². The number of thioether (sulfide) groups is 1. The van der Waals surface area contributed by atoms with Crippen molar-refractivity contribution in [3.8, 4) is 0 Å². The van der Waals surface area contributed by atoms with Crippen LogP contribution in [0.3, 0.4) is 0 Å². The van der Waals surface area contributed by atoms with Crippen molar-refractivity contribution in [2.45, 2.75) is 24.0 Å². The van der Waals surface area contributed by atoms with Gasteiger partial charge >= 0.3 is 0 Å². The summed E-state index contributed by atoms with van der Waals surface area (Å²) in [6.07, 6.45) is 0. The number of para-hydroxylation sites is 2. The number of carbonyl (C=O) groups is 1. The van der Waals surface area contributed by atoms with Gasteiger partial charge < -0.3 is 14.6 Å². The Kier molecular flexibility index (Phi) is 6.73. The number of methoxy groups -OCH3 is 1.